The van der Waals surface area contributed by atoms with Gasteiger partial charge in [-0.3, -0.25) is 4.79 Å². The van der Waals surface area contributed by atoms with E-state index in [0.717, 1.165) is 29.8 Å². The van der Waals surface area contributed by atoms with E-state index in [1.54, 1.807) is 0 Å². The molecule has 0 saturated carbocycles. The maximum Gasteiger partial charge on any atom is 0.237 e. The fourth-order valence-corrected chi connectivity index (χ4v) is 2.35. The molecule has 1 aromatic heterocycles. The molecule has 0 spiro atoms. The van der Waals surface area contributed by atoms with E-state index in [9.17, 15) is 4.79 Å². The van der Waals surface area contributed by atoms with Gasteiger partial charge in [-0.05, 0) is 31.4 Å². The van der Waals surface area contributed by atoms with Crippen molar-refractivity contribution < 1.29 is 4.79 Å². The van der Waals surface area contributed by atoms with Crippen molar-refractivity contribution in [3.05, 3.63) is 30.1 Å². The largest absolute Gasteiger partial charge is 0.355 e. The van der Waals surface area contributed by atoms with Gasteiger partial charge in [-0.25, -0.2) is 4.98 Å². The smallest absolute Gasteiger partial charge is 0.237 e. The molecule has 2 rings (SSSR count). The molecule has 2 aromatic rings. The van der Waals surface area contributed by atoms with E-state index < -0.39 is 6.04 Å². The van der Waals surface area contributed by atoms with Crippen LogP contribution in [0.4, 0.5) is 0 Å². The SMILES string of the molecule is Cc1nc2ccccc2n1CCCNC(=O)[C@@H](N)C(C)C.Cl. The summed E-state index contributed by atoms with van der Waals surface area (Å²) in [7, 11) is 0. The first kappa shape index (κ1) is 18.5. The van der Waals surface area contributed by atoms with Crippen LogP contribution in [0, 0.1) is 12.8 Å². The summed E-state index contributed by atoms with van der Waals surface area (Å²) in [5.74, 6) is 1.09. The molecule has 1 atom stereocenters. The number of imidazole rings is 1. The number of rotatable bonds is 6. The van der Waals surface area contributed by atoms with Gasteiger partial charge in [-0.2, -0.15) is 0 Å². The Balaban J connectivity index is 0.00000242. The van der Waals surface area contributed by atoms with Crippen LogP contribution in [0.15, 0.2) is 24.3 Å². The number of nitrogens with two attached hydrogens (primary N) is 1. The van der Waals surface area contributed by atoms with Crippen molar-refractivity contribution in [1.82, 2.24) is 14.9 Å². The fraction of sp³-hybridized carbons (Fsp3) is 0.500. The molecule has 122 valence electrons. The number of aryl methyl sites for hydroxylation is 2. The number of amides is 1. The number of carbonyl (C=O) groups excluding carboxylic acids is 1. The topological polar surface area (TPSA) is 72.9 Å². The third kappa shape index (κ3) is 4.21. The zero-order valence-corrected chi connectivity index (χ0v) is 14.2. The highest BCUT2D eigenvalue weighted by molar-refractivity contribution is 5.85. The third-order valence-corrected chi connectivity index (χ3v) is 3.72. The Morgan fingerprint density at radius 3 is 2.73 bits per heavy atom. The molecule has 0 aliphatic carbocycles. The van der Waals surface area contributed by atoms with Crippen molar-refractivity contribution in [3.63, 3.8) is 0 Å². The van der Waals surface area contributed by atoms with Crippen molar-refractivity contribution >= 4 is 29.3 Å². The van der Waals surface area contributed by atoms with Gasteiger partial charge in [0, 0.05) is 13.1 Å². The molecule has 0 aliphatic heterocycles. The molecule has 0 bridgehead atoms. The van der Waals surface area contributed by atoms with E-state index in [-0.39, 0.29) is 24.2 Å². The molecule has 22 heavy (non-hydrogen) atoms. The Kier molecular flexibility index (Phi) is 6.84. The molecule has 6 heteroatoms. The van der Waals surface area contributed by atoms with Crippen LogP contribution in [0.25, 0.3) is 11.0 Å². The number of aromatic nitrogens is 2. The summed E-state index contributed by atoms with van der Waals surface area (Å²) in [4.78, 5) is 16.3. The lowest BCUT2D eigenvalue weighted by Crippen LogP contribution is -2.44. The quantitative estimate of drug-likeness (QED) is 0.800. The van der Waals surface area contributed by atoms with E-state index in [1.165, 1.54) is 0 Å². The number of para-hydroxylation sites is 2. The van der Waals surface area contributed by atoms with Crippen LogP contribution in [-0.4, -0.2) is 28.0 Å². The van der Waals surface area contributed by atoms with Crippen molar-refractivity contribution in [1.29, 1.82) is 0 Å². The molecule has 1 amide bonds. The van der Waals surface area contributed by atoms with Crippen LogP contribution >= 0.6 is 12.4 Å². The van der Waals surface area contributed by atoms with Crippen LogP contribution in [0.3, 0.4) is 0 Å². The van der Waals surface area contributed by atoms with E-state index in [0.29, 0.717) is 6.54 Å². The molecule has 1 heterocycles. The Bertz CT molecular complexity index is 624. The zero-order chi connectivity index (χ0) is 15.4. The highest BCUT2D eigenvalue weighted by Gasteiger charge is 2.16. The summed E-state index contributed by atoms with van der Waals surface area (Å²) < 4.78 is 2.18. The average Bonchev–Trinajstić information content (AvgIpc) is 2.78. The summed E-state index contributed by atoms with van der Waals surface area (Å²) in [5.41, 5.74) is 7.96. The fourth-order valence-electron chi connectivity index (χ4n) is 2.35. The van der Waals surface area contributed by atoms with E-state index in [1.807, 2.05) is 39.0 Å². The van der Waals surface area contributed by atoms with Gasteiger partial charge in [-0.15, -0.1) is 12.4 Å². The highest BCUT2D eigenvalue weighted by atomic mass is 35.5. The first-order chi connectivity index (χ1) is 10.0. The lowest BCUT2D eigenvalue weighted by molar-refractivity contribution is -0.123. The predicted octanol–water partition coefficient (Wildman–Crippen LogP) is 2.26. The summed E-state index contributed by atoms with van der Waals surface area (Å²) in [6.07, 6.45) is 0.859. The zero-order valence-electron chi connectivity index (χ0n) is 13.4. The second kappa shape index (κ2) is 8.15. The minimum Gasteiger partial charge on any atom is -0.355 e. The Labute approximate surface area is 137 Å². The number of benzene rings is 1. The molecule has 5 nitrogen and oxygen atoms in total. The molecule has 0 fully saturated rings. The number of hydrogen-bond acceptors (Lipinski definition) is 3. The summed E-state index contributed by atoms with van der Waals surface area (Å²) in [5, 5.41) is 2.90. The van der Waals surface area contributed by atoms with Gasteiger partial charge in [0.05, 0.1) is 17.1 Å². The Hall–Kier alpha value is -1.59. The average molecular weight is 325 g/mol. The Morgan fingerprint density at radius 1 is 1.36 bits per heavy atom. The van der Waals surface area contributed by atoms with Gasteiger partial charge in [-0.1, -0.05) is 26.0 Å². The molecule has 0 aliphatic rings. The second-order valence-electron chi connectivity index (χ2n) is 5.71. The van der Waals surface area contributed by atoms with E-state index in [4.69, 9.17) is 5.73 Å². The first-order valence-electron chi connectivity index (χ1n) is 7.46. The van der Waals surface area contributed by atoms with Crippen molar-refractivity contribution in [2.24, 2.45) is 11.7 Å². The van der Waals surface area contributed by atoms with Gasteiger partial charge in [0.1, 0.15) is 5.82 Å². The summed E-state index contributed by atoms with van der Waals surface area (Å²) in [6, 6.07) is 7.67. The number of nitrogens with one attached hydrogen (secondary N) is 1. The molecule has 0 unspecified atom stereocenters. The molecule has 0 saturated heterocycles. The lowest BCUT2D eigenvalue weighted by Gasteiger charge is -2.15. The lowest BCUT2D eigenvalue weighted by atomic mass is 10.1. The van der Waals surface area contributed by atoms with Crippen molar-refractivity contribution in [2.75, 3.05) is 6.54 Å². The summed E-state index contributed by atoms with van der Waals surface area (Å²) in [6.45, 7) is 7.37. The van der Waals surface area contributed by atoms with Crippen LogP contribution in [0.1, 0.15) is 26.1 Å². The second-order valence-corrected chi connectivity index (χ2v) is 5.71. The molecular formula is C16H25ClN4O. The first-order valence-corrected chi connectivity index (χ1v) is 7.46. The van der Waals surface area contributed by atoms with Crippen molar-refractivity contribution in [3.8, 4) is 0 Å². The number of nitrogens with zero attached hydrogens (tertiary/aromatic N) is 2. The normalized spacial score (nSPS) is 12.2. The molecule has 1 aromatic carbocycles. The minimum absolute atomic E-state index is 0. The maximum atomic E-state index is 11.8. The third-order valence-electron chi connectivity index (χ3n) is 3.72. The minimum atomic E-state index is -0.430. The van der Waals surface area contributed by atoms with Gasteiger partial charge in [0.15, 0.2) is 0 Å². The molecular weight excluding hydrogens is 300 g/mol. The maximum absolute atomic E-state index is 11.8. The van der Waals surface area contributed by atoms with Gasteiger partial charge in [0.25, 0.3) is 0 Å². The number of halogens is 1. The Morgan fingerprint density at radius 2 is 2.05 bits per heavy atom. The highest BCUT2D eigenvalue weighted by Crippen LogP contribution is 2.15. The van der Waals surface area contributed by atoms with Crippen molar-refractivity contribution in [2.45, 2.75) is 39.8 Å². The van der Waals surface area contributed by atoms with Crippen LogP contribution < -0.4 is 11.1 Å². The monoisotopic (exact) mass is 324 g/mol. The predicted molar refractivity (Wildman–Crippen MR) is 92.2 cm³/mol. The van der Waals surface area contributed by atoms with Gasteiger partial charge < -0.3 is 15.6 Å². The summed E-state index contributed by atoms with van der Waals surface area (Å²) >= 11 is 0. The molecule has 3 N–H and O–H groups in total. The standard InChI is InChI=1S/C16H24N4O.ClH/c1-11(2)15(17)16(21)18-9-6-10-20-12(3)19-13-7-4-5-8-14(13)20;/h4-5,7-8,11,15H,6,9-10,17H2,1-3H3,(H,18,21);1H/t15-;/m0./s1. The van der Waals surface area contributed by atoms with E-state index >= 15 is 0 Å². The van der Waals surface area contributed by atoms with Crippen LogP contribution in [-0.2, 0) is 11.3 Å². The van der Waals surface area contributed by atoms with Gasteiger partial charge >= 0.3 is 0 Å². The number of fused-ring (bicyclic) bond motifs is 1. The van der Waals surface area contributed by atoms with E-state index in [2.05, 4.69) is 20.9 Å². The van der Waals surface area contributed by atoms with Crippen LogP contribution in [0.2, 0.25) is 0 Å². The van der Waals surface area contributed by atoms with Gasteiger partial charge in [0.2, 0.25) is 5.91 Å². The van der Waals surface area contributed by atoms with Crippen LogP contribution in [0.5, 0.6) is 0 Å². The molecule has 0 radical (unpaired) electrons. The number of carbonyl (C=O) groups is 1. The number of hydrogen-bond donors (Lipinski definition) is 2.